The van der Waals surface area contributed by atoms with Gasteiger partial charge in [0.1, 0.15) is 11.6 Å². The summed E-state index contributed by atoms with van der Waals surface area (Å²) in [5.74, 6) is -0.413. The number of rotatable bonds is 5. The molecule has 2 rings (SSSR count). The molecule has 0 atom stereocenters. The lowest BCUT2D eigenvalue weighted by molar-refractivity contribution is 0.274. The van der Waals surface area contributed by atoms with Crippen LogP contribution in [0.2, 0.25) is 0 Å². The summed E-state index contributed by atoms with van der Waals surface area (Å²) < 4.78 is 1.04. The van der Waals surface area contributed by atoms with Gasteiger partial charge in [-0.1, -0.05) is 18.2 Å². The number of benzene rings is 1. The van der Waals surface area contributed by atoms with Crippen molar-refractivity contribution in [3.05, 3.63) is 50.8 Å². The van der Waals surface area contributed by atoms with Gasteiger partial charge >= 0.3 is 0 Å². The minimum absolute atomic E-state index is 0.00921. The monoisotopic (exact) mass is 340 g/mol. The summed E-state index contributed by atoms with van der Waals surface area (Å²) in [6.07, 6.45) is 0.273. The number of hydrogen-bond donors (Lipinski definition) is 2. The van der Waals surface area contributed by atoms with E-state index in [-0.39, 0.29) is 36.4 Å². The Kier molecular flexibility index (Phi) is 5.67. The van der Waals surface area contributed by atoms with Gasteiger partial charge in [-0.3, -0.25) is 9.36 Å². The van der Waals surface area contributed by atoms with Crippen LogP contribution in [0.15, 0.2) is 33.2 Å². The molecule has 0 aliphatic carbocycles. The Morgan fingerprint density at radius 1 is 1.16 bits per heavy atom. The van der Waals surface area contributed by atoms with Gasteiger partial charge in [-0.25, -0.2) is 0 Å². The van der Waals surface area contributed by atoms with Crippen molar-refractivity contribution in [3.8, 4) is 11.9 Å². The summed E-state index contributed by atoms with van der Waals surface area (Å²) in [4.78, 5) is 12.6. The number of aliphatic hydroxyl groups is 1. The van der Waals surface area contributed by atoms with E-state index in [0.29, 0.717) is 5.69 Å². The average Bonchev–Trinajstić information content (AvgIpc) is 2.57. The van der Waals surface area contributed by atoms with Crippen LogP contribution in [-0.2, 0) is 6.54 Å². The molecular weight excluding hydrogens is 320 g/mol. The number of aliphatic hydroxyl groups excluding tert-OH is 1. The number of nitriles is 1. The van der Waals surface area contributed by atoms with E-state index in [9.17, 15) is 15.2 Å². The molecule has 0 unspecified atom stereocenters. The van der Waals surface area contributed by atoms with E-state index in [0.717, 1.165) is 15.7 Å². The molecule has 25 heavy (non-hydrogen) atoms. The summed E-state index contributed by atoms with van der Waals surface area (Å²) in [7, 11) is 0. The van der Waals surface area contributed by atoms with E-state index in [2.05, 4.69) is 10.2 Å². The van der Waals surface area contributed by atoms with Gasteiger partial charge in [0.25, 0.3) is 5.56 Å². The first kappa shape index (κ1) is 18.4. The molecule has 0 saturated carbocycles. The predicted octanol–water partition coefficient (Wildman–Crippen LogP) is 3.15. The number of hydrogen-bond acceptors (Lipinski definition) is 6. The third-order valence-electron chi connectivity index (χ3n) is 4.00. The number of aryl methyl sites for hydroxylation is 2. The first-order chi connectivity index (χ1) is 11.9. The van der Waals surface area contributed by atoms with E-state index in [4.69, 9.17) is 5.11 Å². The standard InChI is InChI=1S/C18H20N4O3/c1-11-6-4-7-12(2)15(11)20-21-16-13(3)14(10-19)17(24)22(18(16)25)8-5-9-23/h4,6-7,23-24H,5,8-9H2,1-3H3. The van der Waals surface area contributed by atoms with Crippen molar-refractivity contribution < 1.29 is 10.2 Å². The summed E-state index contributed by atoms with van der Waals surface area (Å²) in [6.45, 7) is 5.29. The molecular formula is C18H20N4O3. The molecule has 0 fully saturated rings. The third-order valence-corrected chi connectivity index (χ3v) is 4.00. The zero-order valence-electron chi connectivity index (χ0n) is 14.4. The molecule has 2 N–H and O–H groups in total. The maximum absolute atomic E-state index is 12.6. The molecule has 0 aliphatic heterocycles. The Morgan fingerprint density at radius 2 is 1.76 bits per heavy atom. The van der Waals surface area contributed by atoms with Crippen LogP contribution in [0.4, 0.5) is 11.4 Å². The Labute approximate surface area is 145 Å². The number of nitrogens with zero attached hydrogens (tertiary/aromatic N) is 4. The van der Waals surface area contributed by atoms with Crippen LogP contribution >= 0.6 is 0 Å². The molecule has 0 bridgehead atoms. The van der Waals surface area contributed by atoms with Gasteiger partial charge in [0, 0.05) is 18.7 Å². The topological polar surface area (TPSA) is 111 Å². The van der Waals surface area contributed by atoms with Crippen molar-refractivity contribution in [2.45, 2.75) is 33.7 Å². The first-order valence-electron chi connectivity index (χ1n) is 7.87. The second-order valence-electron chi connectivity index (χ2n) is 5.76. The third kappa shape index (κ3) is 3.59. The molecule has 0 spiro atoms. The van der Waals surface area contributed by atoms with E-state index >= 15 is 0 Å². The molecule has 2 aromatic rings. The van der Waals surface area contributed by atoms with Gasteiger partial charge in [0.2, 0.25) is 5.88 Å². The zero-order valence-corrected chi connectivity index (χ0v) is 14.4. The molecule has 0 radical (unpaired) electrons. The van der Waals surface area contributed by atoms with E-state index in [1.807, 2.05) is 38.1 Å². The van der Waals surface area contributed by atoms with Gasteiger partial charge < -0.3 is 10.2 Å². The summed E-state index contributed by atoms with van der Waals surface area (Å²) in [6, 6.07) is 7.59. The maximum Gasteiger partial charge on any atom is 0.281 e. The number of pyridine rings is 1. The molecule has 7 nitrogen and oxygen atoms in total. The SMILES string of the molecule is Cc1cccc(C)c1N=Nc1c(C)c(C#N)c(O)n(CCCO)c1=O. The van der Waals surface area contributed by atoms with Crippen molar-refractivity contribution in [2.24, 2.45) is 10.2 Å². The number of azo groups is 1. The fraction of sp³-hybridized carbons (Fsp3) is 0.333. The van der Waals surface area contributed by atoms with Gasteiger partial charge in [-0.15, -0.1) is 10.2 Å². The Bertz CT molecular complexity index is 903. The lowest BCUT2D eigenvalue weighted by Crippen LogP contribution is -2.22. The molecule has 1 aromatic carbocycles. The number of aromatic hydroxyl groups is 1. The average molecular weight is 340 g/mol. The van der Waals surface area contributed by atoms with Crippen LogP contribution in [0, 0.1) is 32.1 Å². The highest BCUT2D eigenvalue weighted by Gasteiger charge is 2.19. The van der Waals surface area contributed by atoms with Crippen molar-refractivity contribution in [1.29, 1.82) is 5.26 Å². The van der Waals surface area contributed by atoms with Gasteiger partial charge in [-0.05, 0) is 38.3 Å². The van der Waals surface area contributed by atoms with Crippen LogP contribution < -0.4 is 5.56 Å². The Balaban J connectivity index is 2.63. The molecule has 130 valence electrons. The van der Waals surface area contributed by atoms with Crippen molar-refractivity contribution >= 4 is 11.4 Å². The smallest absolute Gasteiger partial charge is 0.281 e. The predicted molar refractivity (Wildman–Crippen MR) is 93.6 cm³/mol. The normalized spacial score (nSPS) is 11.0. The lowest BCUT2D eigenvalue weighted by atomic mass is 10.1. The van der Waals surface area contributed by atoms with Crippen molar-refractivity contribution in [3.63, 3.8) is 0 Å². The largest absolute Gasteiger partial charge is 0.493 e. The van der Waals surface area contributed by atoms with Crippen LogP contribution in [0.1, 0.15) is 28.7 Å². The fourth-order valence-electron chi connectivity index (χ4n) is 2.56. The van der Waals surface area contributed by atoms with Crippen LogP contribution in [0.3, 0.4) is 0 Å². The minimum atomic E-state index is -0.544. The summed E-state index contributed by atoms with van der Waals surface area (Å²) >= 11 is 0. The lowest BCUT2D eigenvalue weighted by Gasteiger charge is -2.12. The Hall–Kier alpha value is -2.98. The van der Waals surface area contributed by atoms with Gasteiger partial charge in [0.15, 0.2) is 5.69 Å². The number of aromatic nitrogens is 1. The van der Waals surface area contributed by atoms with Gasteiger partial charge in [-0.2, -0.15) is 5.26 Å². The molecule has 0 saturated heterocycles. The molecule has 0 aliphatic rings. The second-order valence-corrected chi connectivity index (χ2v) is 5.76. The molecule has 7 heteroatoms. The van der Waals surface area contributed by atoms with E-state index < -0.39 is 11.4 Å². The van der Waals surface area contributed by atoms with E-state index in [1.54, 1.807) is 6.92 Å². The summed E-state index contributed by atoms with van der Waals surface area (Å²) in [5, 5.41) is 36.7. The van der Waals surface area contributed by atoms with Crippen molar-refractivity contribution in [1.82, 2.24) is 4.57 Å². The van der Waals surface area contributed by atoms with Crippen LogP contribution in [-0.4, -0.2) is 21.4 Å². The second kappa shape index (κ2) is 7.73. The highest BCUT2D eigenvalue weighted by Crippen LogP contribution is 2.29. The quantitative estimate of drug-likeness (QED) is 0.814. The molecule has 1 heterocycles. The van der Waals surface area contributed by atoms with Gasteiger partial charge in [0.05, 0.1) is 5.69 Å². The highest BCUT2D eigenvalue weighted by molar-refractivity contribution is 5.57. The van der Waals surface area contributed by atoms with E-state index in [1.165, 1.54) is 0 Å². The molecule has 0 amide bonds. The zero-order chi connectivity index (χ0) is 18.6. The van der Waals surface area contributed by atoms with Crippen LogP contribution in [0.25, 0.3) is 0 Å². The molecule has 1 aromatic heterocycles. The van der Waals surface area contributed by atoms with Crippen LogP contribution in [0.5, 0.6) is 5.88 Å². The van der Waals surface area contributed by atoms with Crippen molar-refractivity contribution in [2.75, 3.05) is 6.61 Å². The highest BCUT2D eigenvalue weighted by atomic mass is 16.3. The minimum Gasteiger partial charge on any atom is -0.493 e. The first-order valence-corrected chi connectivity index (χ1v) is 7.87. The summed E-state index contributed by atoms with van der Waals surface area (Å²) in [5.41, 5.74) is 2.22. The fourth-order valence-corrected chi connectivity index (χ4v) is 2.56. The maximum atomic E-state index is 12.6. The Morgan fingerprint density at radius 3 is 2.32 bits per heavy atom.